The van der Waals surface area contributed by atoms with Gasteiger partial charge in [0.25, 0.3) is 0 Å². The highest BCUT2D eigenvalue weighted by molar-refractivity contribution is 6.76. The van der Waals surface area contributed by atoms with Gasteiger partial charge in [0, 0.05) is 20.7 Å². The minimum absolute atomic E-state index is 0.243. The van der Waals surface area contributed by atoms with Crippen molar-refractivity contribution >= 4 is 8.07 Å². The molecule has 4 heteroatoms. The Labute approximate surface area is 104 Å². The van der Waals surface area contributed by atoms with E-state index in [0.717, 1.165) is 18.2 Å². The lowest BCUT2D eigenvalue weighted by molar-refractivity contribution is 0.0219. The standard InChI is InChI=1S/C13H22O3Si/c1-11-5-6-12(9-13(11)14)16-10-15-7-8-17(2,3)4/h5-6,9,14H,7-8,10H2,1-4H3. The van der Waals surface area contributed by atoms with Crippen molar-refractivity contribution in [2.75, 3.05) is 13.4 Å². The Bertz CT molecular complexity index is 358. The lowest BCUT2D eigenvalue weighted by Crippen LogP contribution is -2.22. The van der Waals surface area contributed by atoms with E-state index < -0.39 is 8.07 Å². The van der Waals surface area contributed by atoms with Gasteiger partial charge in [-0.05, 0) is 24.6 Å². The predicted octanol–water partition coefficient (Wildman–Crippen LogP) is 3.39. The molecular weight excluding hydrogens is 232 g/mol. The van der Waals surface area contributed by atoms with Crippen LogP contribution >= 0.6 is 0 Å². The molecule has 3 nitrogen and oxygen atoms in total. The van der Waals surface area contributed by atoms with Crippen molar-refractivity contribution in [2.45, 2.75) is 32.6 Å². The average molecular weight is 254 g/mol. The molecule has 0 saturated carbocycles. The van der Waals surface area contributed by atoms with Gasteiger partial charge in [-0.2, -0.15) is 0 Å². The highest BCUT2D eigenvalue weighted by Gasteiger charge is 2.11. The van der Waals surface area contributed by atoms with Crippen molar-refractivity contribution in [1.82, 2.24) is 0 Å². The Kier molecular flexibility index (Phi) is 5.02. The van der Waals surface area contributed by atoms with Crippen molar-refractivity contribution in [2.24, 2.45) is 0 Å². The highest BCUT2D eigenvalue weighted by atomic mass is 28.3. The number of hydrogen-bond acceptors (Lipinski definition) is 3. The minimum Gasteiger partial charge on any atom is -0.508 e. The zero-order chi connectivity index (χ0) is 12.9. The number of rotatable bonds is 6. The van der Waals surface area contributed by atoms with Crippen molar-refractivity contribution in [3.05, 3.63) is 23.8 Å². The minimum atomic E-state index is -1.02. The molecule has 0 aliphatic rings. The van der Waals surface area contributed by atoms with Crippen molar-refractivity contribution in [1.29, 1.82) is 0 Å². The zero-order valence-electron chi connectivity index (χ0n) is 11.1. The summed E-state index contributed by atoms with van der Waals surface area (Å²) in [6.07, 6.45) is 0. The van der Waals surface area contributed by atoms with Gasteiger partial charge in [-0.15, -0.1) is 0 Å². The molecule has 0 fully saturated rings. The van der Waals surface area contributed by atoms with Gasteiger partial charge >= 0.3 is 0 Å². The topological polar surface area (TPSA) is 38.7 Å². The van der Waals surface area contributed by atoms with Gasteiger partial charge in [0.15, 0.2) is 6.79 Å². The molecule has 96 valence electrons. The molecular formula is C13H22O3Si. The molecule has 1 rings (SSSR count). The number of benzene rings is 1. The first-order chi connectivity index (χ1) is 7.88. The van der Waals surface area contributed by atoms with E-state index in [4.69, 9.17) is 9.47 Å². The van der Waals surface area contributed by atoms with Crippen LogP contribution in [0.1, 0.15) is 5.56 Å². The van der Waals surface area contributed by atoms with Crippen LogP contribution < -0.4 is 4.74 Å². The van der Waals surface area contributed by atoms with E-state index in [-0.39, 0.29) is 12.5 Å². The quantitative estimate of drug-likeness (QED) is 0.480. The summed E-state index contributed by atoms with van der Waals surface area (Å²) in [6, 6.07) is 6.40. The largest absolute Gasteiger partial charge is 0.508 e. The number of aryl methyl sites for hydroxylation is 1. The van der Waals surface area contributed by atoms with E-state index in [2.05, 4.69) is 19.6 Å². The van der Waals surface area contributed by atoms with Crippen molar-refractivity contribution in [3.8, 4) is 11.5 Å². The number of phenolic OH excluding ortho intramolecular Hbond substituents is 1. The third-order valence-electron chi connectivity index (χ3n) is 2.49. The van der Waals surface area contributed by atoms with Crippen LogP contribution in [-0.2, 0) is 4.74 Å². The van der Waals surface area contributed by atoms with Gasteiger partial charge in [0.05, 0.1) is 0 Å². The van der Waals surface area contributed by atoms with Crippen LogP contribution in [0, 0.1) is 6.92 Å². The number of phenols is 1. The zero-order valence-corrected chi connectivity index (χ0v) is 12.1. The predicted molar refractivity (Wildman–Crippen MR) is 72.4 cm³/mol. The second-order valence-corrected chi connectivity index (χ2v) is 11.1. The van der Waals surface area contributed by atoms with Gasteiger partial charge in [-0.25, -0.2) is 0 Å². The van der Waals surface area contributed by atoms with Crippen LogP contribution in [0.5, 0.6) is 11.5 Å². The first-order valence-electron chi connectivity index (χ1n) is 5.89. The Morgan fingerprint density at radius 1 is 1.24 bits per heavy atom. The van der Waals surface area contributed by atoms with E-state index in [0.29, 0.717) is 5.75 Å². The van der Waals surface area contributed by atoms with Gasteiger partial charge in [-0.1, -0.05) is 25.7 Å². The van der Waals surface area contributed by atoms with Crippen LogP contribution in [0.25, 0.3) is 0 Å². The van der Waals surface area contributed by atoms with Crippen LogP contribution in [0.4, 0.5) is 0 Å². The summed E-state index contributed by atoms with van der Waals surface area (Å²) in [5.41, 5.74) is 0.844. The Balaban J connectivity index is 2.25. The van der Waals surface area contributed by atoms with E-state index in [1.54, 1.807) is 6.07 Å². The van der Waals surface area contributed by atoms with Crippen molar-refractivity contribution in [3.63, 3.8) is 0 Å². The highest BCUT2D eigenvalue weighted by Crippen LogP contribution is 2.22. The molecule has 0 unspecified atom stereocenters. The summed E-state index contributed by atoms with van der Waals surface area (Å²) < 4.78 is 10.8. The first kappa shape index (κ1) is 14.1. The van der Waals surface area contributed by atoms with Crippen molar-refractivity contribution < 1.29 is 14.6 Å². The number of ether oxygens (including phenoxy) is 2. The maximum atomic E-state index is 9.49. The maximum Gasteiger partial charge on any atom is 0.189 e. The third kappa shape index (κ3) is 5.75. The summed E-state index contributed by atoms with van der Waals surface area (Å²) >= 11 is 0. The Morgan fingerprint density at radius 3 is 2.53 bits per heavy atom. The van der Waals surface area contributed by atoms with Crippen LogP contribution in [0.15, 0.2) is 18.2 Å². The Morgan fingerprint density at radius 2 is 1.94 bits per heavy atom. The fourth-order valence-corrected chi connectivity index (χ4v) is 1.98. The van der Waals surface area contributed by atoms with Gasteiger partial charge < -0.3 is 14.6 Å². The molecule has 17 heavy (non-hydrogen) atoms. The summed E-state index contributed by atoms with van der Waals surface area (Å²) in [7, 11) is -1.02. The molecule has 0 amide bonds. The van der Waals surface area contributed by atoms with E-state index in [1.807, 2.05) is 19.1 Å². The van der Waals surface area contributed by atoms with Crippen LogP contribution in [0.2, 0.25) is 25.7 Å². The van der Waals surface area contributed by atoms with E-state index in [9.17, 15) is 5.11 Å². The molecule has 1 aromatic carbocycles. The lowest BCUT2D eigenvalue weighted by Gasteiger charge is -2.15. The molecule has 0 saturated heterocycles. The summed E-state index contributed by atoms with van der Waals surface area (Å²) in [5, 5.41) is 9.49. The number of aromatic hydroxyl groups is 1. The molecule has 0 spiro atoms. The monoisotopic (exact) mass is 254 g/mol. The molecule has 0 aliphatic heterocycles. The smallest absolute Gasteiger partial charge is 0.189 e. The second-order valence-electron chi connectivity index (χ2n) is 5.43. The number of hydrogen-bond donors (Lipinski definition) is 1. The molecule has 0 radical (unpaired) electrons. The van der Waals surface area contributed by atoms with Gasteiger partial charge in [0.2, 0.25) is 0 Å². The third-order valence-corrected chi connectivity index (χ3v) is 4.19. The van der Waals surface area contributed by atoms with Gasteiger partial charge in [0.1, 0.15) is 11.5 Å². The molecule has 1 aromatic rings. The lowest BCUT2D eigenvalue weighted by atomic mass is 10.2. The maximum absolute atomic E-state index is 9.49. The summed E-state index contributed by atoms with van der Waals surface area (Å²) in [6.45, 7) is 9.78. The van der Waals surface area contributed by atoms with E-state index in [1.165, 1.54) is 0 Å². The SMILES string of the molecule is Cc1ccc(OCOCC[Si](C)(C)C)cc1O. The fourth-order valence-electron chi connectivity index (χ4n) is 1.23. The molecule has 1 N–H and O–H groups in total. The second kappa shape index (κ2) is 6.07. The molecule has 0 bridgehead atoms. The Hall–Kier alpha value is -1.00. The normalized spacial score (nSPS) is 11.5. The van der Waals surface area contributed by atoms with E-state index >= 15 is 0 Å². The summed E-state index contributed by atoms with van der Waals surface area (Å²) in [5.74, 6) is 0.894. The molecule has 0 atom stereocenters. The molecule has 0 heterocycles. The van der Waals surface area contributed by atoms with Crippen LogP contribution in [0.3, 0.4) is 0 Å². The molecule has 0 aromatic heterocycles. The van der Waals surface area contributed by atoms with Crippen LogP contribution in [-0.4, -0.2) is 26.6 Å². The average Bonchev–Trinajstić information content (AvgIpc) is 2.21. The first-order valence-corrected chi connectivity index (χ1v) is 9.59. The fraction of sp³-hybridized carbons (Fsp3) is 0.538. The molecule has 0 aliphatic carbocycles. The summed E-state index contributed by atoms with van der Waals surface area (Å²) in [4.78, 5) is 0. The van der Waals surface area contributed by atoms with Gasteiger partial charge in [-0.3, -0.25) is 0 Å².